The molecule has 1 saturated carbocycles. The highest BCUT2D eigenvalue weighted by atomic mass is 79.9. The standard InChI is InChI=1S/C24H24BrNO3/c1-4-6-7-16(5-2)19-12-13-23(27)22-20(28-3)14-26-15-21(22)29-24(19,23)17-8-10-18(25)11-9-17/h4-11,14-15,19,27H,2,12-13H2,1,3H3/b6-4-,16-7+. The van der Waals surface area contributed by atoms with Gasteiger partial charge < -0.3 is 14.6 Å². The first-order valence-electron chi connectivity index (χ1n) is 9.67. The van der Waals surface area contributed by atoms with E-state index in [0.717, 1.165) is 22.0 Å². The Balaban J connectivity index is 1.99. The van der Waals surface area contributed by atoms with E-state index < -0.39 is 11.2 Å². The summed E-state index contributed by atoms with van der Waals surface area (Å²) in [7, 11) is 1.59. The van der Waals surface area contributed by atoms with Crippen LogP contribution in [0.2, 0.25) is 0 Å². The van der Waals surface area contributed by atoms with Crippen LogP contribution in [0.15, 0.2) is 77.6 Å². The second-order valence-electron chi connectivity index (χ2n) is 7.41. The number of pyridine rings is 1. The monoisotopic (exact) mass is 453 g/mol. The van der Waals surface area contributed by atoms with E-state index in [-0.39, 0.29) is 5.92 Å². The number of rotatable bonds is 5. The number of fused-ring (bicyclic) bond motifs is 3. The number of benzene rings is 1. The SMILES string of the molecule is C=C/C(=C\C=C/C)C1CCC2(O)c3c(OC)cncc3OC12c1ccc(Br)cc1. The van der Waals surface area contributed by atoms with Crippen molar-refractivity contribution < 1.29 is 14.6 Å². The molecule has 4 nitrogen and oxygen atoms in total. The summed E-state index contributed by atoms with van der Waals surface area (Å²) in [6, 6.07) is 7.97. The van der Waals surface area contributed by atoms with Gasteiger partial charge >= 0.3 is 0 Å². The lowest BCUT2D eigenvalue weighted by atomic mass is 9.71. The van der Waals surface area contributed by atoms with Crippen molar-refractivity contribution >= 4 is 15.9 Å². The second kappa shape index (κ2) is 7.47. The number of aliphatic hydroxyl groups is 1. The van der Waals surface area contributed by atoms with Crippen LogP contribution in [-0.2, 0) is 11.2 Å². The quantitative estimate of drug-likeness (QED) is 0.613. The maximum absolute atomic E-state index is 12.2. The first kappa shape index (κ1) is 19.9. The minimum absolute atomic E-state index is 0.0838. The summed E-state index contributed by atoms with van der Waals surface area (Å²) in [5.41, 5.74) is 0.384. The van der Waals surface area contributed by atoms with E-state index in [1.54, 1.807) is 19.5 Å². The number of aromatic nitrogens is 1. The molecule has 2 heterocycles. The highest BCUT2D eigenvalue weighted by Gasteiger charge is 2.69. The molecule has 0 bridgehead atoms. The van der Waals surface area contributed by atoms with E-state index in [4.69, 9.17) is 9.47 Å². The number of ether oxygens (including phenoxy) is 2. The molecule has 3 atom stereocenters. The van der Waals surface area contributed by atoms with Crippen molar-refractivity contribution in [2.75, 3.05) is 7.11 Å². The third-order valence-electron chi connectivity index (χ3n) is 6.07. The molecule has 1 aromatic carbocycles. The van der Waals surface area contributed by atoms with Crippen LogP contribution in [0, 0.1) is 5.92 Å². The minimum atomic E-state index is -1.24. The van der Waals surface area contributed by atoms with Gasteiger partial charge in [0.1, 0.15) is 17.1 Å². The van der Waals surface area contributed by atoms with Gasteiger partial charge in [0.15, 0.2) is 5.60 Å². The average Bonchev–Trinajstić information content (AvgIpc) is 3.17. The molecule has 150 valence electrons. The molecule has 0 amide bonds. The average molecular weight is 454 g/mol. The maximum atomic E-state index is 12.2. The Morgan fingerprint density at radius 1 is 1.34 bits per heavy atom. The van der Waals surface area contributed by atoms with Crippen LogP contribution < -0.4 is 9.47 Å². The van der Waals surface area contributed by atoms with E-state index >= 15 is 0 Å². The van der Waals surface area contributed by atoms with Crippen molar-refractivity contribution in [3.05, 3.63) is 88.7 Å². The number of allylic oxidation sites excluding steroid dienone is 4. The van der Waals surface area contributed by atoms with Crippen molar-refractivity contribution in [2.45, 2.75) is 31.0 Å². The Morgan fingerprint density at radius 3 is 2.76 bits per heavy atom. The third kappa shape index (κ3) is 2.79. The molecule has 29 heavy (non-hydrogen) atoms. The molecule has 2 aromatic rings. The number of hydrogen-bond donors (Lipinski definition) is 1. The Hall–Kier alpha value is -2.37. The molecule has 0 saturated heterocycles. The van der Waals surface area contributed by atoms with Crippen LogP contribution in [0.4, 0.5) is 0 Å². The Labute approximate surface area is 179 Å². The fourth-order valence-electron chi connectivity index (χ4n) is 4.86. The van der Waals surface area contributed by atoms with E-state index in [0.29, 0.717) is 23.5 Å². The normalized spacial score (nSPS) is 28.1. The molecule has 5 heteroatoms. The first-order valence-corrected chi connectivity index (χ1v) is 10.5. The summed E-state index contributed by atoms with van der Waals surface area (Å²) in [5.74, 6) is 1.02. The molecular weight excluding hydrogens is 430 g/mol. The van der Waals surface area contributed by atoms with E-state index in [9.17, 15) is 5.11 Å². The summed E-state index contributed by atoms with van der Waals surface area (Å²) in [6.45, 7) is 6.01. The van der Waals surface area contributed by atoms with Gasteiger partial charge in [0.05, 0.1) is 25.1 Å². The minimum Gasteiger partial charge on any atom is -0.495 e. The lowest BCUT2D eigenvalue weighted by molar-refractivity contribution is -0.112. The van der Waals surface area contributed by atoms with Crippen LogP contribution >= 0.6 is 15.9 Å². The van der Waals surface area contributed by atoms with Gasteiger partial charge in [0.2, 0.25) is 0 Å². The summed E-state index contributed by atoms with van der Waals surface area (Å²) >= 11 is 3.51. The number of methoxy groups -OCH3 is 1. The summed E-state index contributed by atoms with van der Waals surface area (Å²) in [6.07, 6.45) is 12.5. The molecule has 1 N–H and O–H groups in total. The first-order chi connectivity index (χ1) is 14.0. The summed E-state index contributed by atoms with van der Waals surface area (Å²) in [5, 5.41) is 12.2. The molecule has 4 rings (SSSR count). The maximum Gasteiger partial charge on any atom is 0.174 e. The van der Waals surface area contributed by atoms with Gasteiger partial charge in [0.25, 0.3) is 0 Å². The van der Waals surface area contributed by atoms with Crippen LogP contribution in [0.3, 0.4) is 0 Å². The van der Waals surface area contributed by atoms with Gasteiger partial charge in [-0.25, -0.2) is 0 Å². The topological polar surface area (TPSA) is 51.6 Å². The zero-order valence-electron chi connectivity index (χ0n) is 16.6. The van der Waals surface area contributed by atoms with Gasteiger partial charge in [-0.2, -0.15) is 0 Å². The zero-order valence-corrected chi connectivity index (χ0v) is 18.1. The number of nitrogens with zero attached hydrogens (tertiary/aromatic N) is 1. The van der Waals surface area contributed by atoms with Crippen molar-refractivity contribution in [3.63, 3.8) is 0 Å². The zero-order chi connectivity index (χ0) is 20.6. The molecule has 3 unspecified atom stereocenters. The van der Waals surface area contributed by atoms with Crippen LogP contribution in [-0.4, -0.2) is 17.2 Å². The highest BCUT2D eigenvalue weighted by molar-refractivity contribution is 9.10. The van der Waals surface area contributed by atoms with Crippen LogP contribution in [0.5, 0.6) is 11.5 Å². The van der Waals surface area contributed by atoms with Crippen molar-refractivity contribution in [1.82, 2.24) is 4.98 Å². The summed E-state index contributed by atoms with van der Waals surface area (Å²) in [4.78, 5) is 4.25. The molecule has 1 aliphatic heterocycles. The molecule has 1 aromatic heterocycles. The van der Waals surface area contributed by atoms with Crippen LogP contribution in [0.1, 0.15) is 30.9 Å². The molecule has 0 radical (unpaired) electrons. The van der Waals surface area contributed by atoms with E-state index in [1.807, 2.05) is 55.5 Å². The van der Waals surface area contributed by atoms with Gasteiger partial charge in [-0.1, -0.05) is 58.9 Å². The van der Waals surface area contributed by atoms with Gasteiger partial charge in [-0.05, 0) is 43.0 Å². The van der Waals surface area contributed by atoms with Crippen molar-refractivity contribution in [3.8, 4) is 11.5 Å². The Kier molecular flexibility index (Phi) is 5.13. The lowest BCUT2D eigenvalue weighted by Crippen LogP contribution is -2.49. The van der Waals surface area contributed by atoms with E-state index in [2.05, 4.69) is 27.5 Å². The largest absolute Gasteiger partial charge is 0.495 e. The van der Waals surface area contributed by atoms with Crippen LogP contribution in [0.25, 0.3) is 0 Å². The van der Waals surface area contributed by atoms with E-state index in [1.165, 1.54) is 0 Å². The number of hydrogen-bond acceptors (Lipinski definition) is 4. The predicted octanol–water partition coefficient (Wildman–Crippen LogP) is 5.43. The highest BCUT2D eigenvalue weighted by Crippen LogP contribution is 2.66. The lowest BCUT2D eigenvalue weighted by Gasteiger charge is -2.40. The smallest absolute Gasteiger partial charge is 0.174 e. The van der Waals surface area contributed by atoms with Crippen molar-refractivity contribution in [2.24, 2.45) is 5.92 Å². The molecule has 1 aliphatic carbocycles. The van der Waals surface area contributed by atoms with Gasteiger partial charge in [0, 0.05) is 10.4 Å². The number of halogens is 1. The Bertz CT molecular complexity index is 998. The summed E-state index contributed by atoms with van der Waals surface area (Å²) < 4.78 is 13.2. The molecule has 1 fully saturated rings. The molecule has 0 spiro atoms. The van der Waals surface area contributed by atoms with Gasteiger partial charge in [-0.15, -0.1) is 0 Å². The second-order valence-corrected chi connectivity index (χ2v) is 8.32. The Morgan fingerprint density at radius 2 is 2.10 bits per heavy atom. The van der Waals surface area contributed by atoms with Gasteiger partial charge in [-0.3, -0.25) is 4.98 Å². The fourth-order valence-corrected chi connectivity index (χ4v) is 5.13. The molecular formula is C24H24BrNO3. The fraction of sp³-hybridized carbons (Fsp3) is 0.292. The predicted molar refractivity (Wildman–Crippen MR) is 117 cm³/mol. The van der Waals surface area contributed by atoms with Crippen molar-refractivity contribution in [1.29, 1.82) is 0 Å². The third-order valence-corrected chi connectivity index (χ3v) is 6.60. The molecule has 2 aliphatic rings.